The zero-order chi connectivity index (χ0) is 20.8. The van der Waals surface area contributed by atoms with Crippen LogP contribution in [0.4, 0.5) is 5.82 Å². The third-order valence-electron chi connectivity index (χ3n) is 5.08. The fourth-order valence-electron chi connectivity index (χ4n) is 3.51. The van der Waals surface area contributed by atoms with E-state index in [-0.39, 0.29) is 5.92 Å². The number of hydrogen-bond donors (Lipinski definition) is 1. The summed E-state index contributed by atoms with van der Waals surface area (Å²) >= 11 is 0. The number of rotatable bonds is 10. The van der Waals surface area contributed by atoms with Crippen LogP contribution in [0.15, 0.2) is 24.3 Å². The van der Waals surface area contributed by atoms with Crippen molar-refractivity contribution >= 4 is 34.0 Å². The topological polar surface area (TPSA) is 83.0 Å². The average Bonchev–Trinajstić information content (AvgIpc) is 2.97. The summed E-state index contributed by atoms with van der Waals surface area (Å²) in [6.45, 7) is 7.30. The van der Waals surface area contributed by atoms with Crippen molar-refractivity contribution in [2.24, 2.45) is 5.92 Å². The smallest absolute Gasteiger partial charge is 0.344 e. The number of nitrogens with two attached hydrogens (primary N) is 1. The van der Waals surface area contributed by atoms with Crippen LogP contribution in [-0.4, -0.2) is 27.1 Å². The maximum atomic E-state index is 12.8. The monoisotopic (exact) mass is 396 g/mol. The van der Waals surface area contributed by atoms with Gasteiger partial charge in [-0.15, -0.1) is 0 Å². The van der Waals surface area contributed by atoms with Gasteiger partial charge in [0, 0.05) is 6.54 Å². The lowest BCUT2D eigenvalue weighted by Gasteiger charge is -2.09. The molecule has 156 valence electrons. The molecule has 6 nitrogen and oxygen atoms in total. The maximum Gasteiger partial charge on any atom is 0.344 e. The first-order chi connectivity index (χ1) is 14.0. The molecule has 0 saturated carbocycles. The van der Waals surface area contributed by atoms with E-state index in [0.29, 0.717) is 29.2 Å². The van der Waals surface area contributed by atoms with Crippen molar-refractivity contribution in [3.63, 3.8) is 0 Å². The van der Waals surface area contributed by atoms with Gasteiger partial charge >= 0.3 is 5.97 Å². The number of aromatic nitrogens is 3. The van der Waals surface area contributed by atoms with Gasteiger partial charge in [-0.3, -0.25) is 0 Å². The van der Waals surface area contributed by atoms with E-state index in [1.54, 1.807) is 0 Å². The summed E-state index contributed by atoms with van der Waals surface area (Å²) in [5.74, 6) is 0.230. The Bertz CT molecular complexity index is 978. The van der Waals surface area contributed by atoms with Gasteiger partial charge in [-0.05, 0) is 24.5 Å². The molecule has 29 heavy (non-hydrogen) atoms. The third kappa shape index (κ3) is 4.86. The number of hydrogen-bond acceptors (Lipinski definition) is 5. The lowest BCUT2D eigenvalue weighted by atomic mass is 10.1. The van der Waals surface area contributed by atoms with Crippen molar-refractivity contribution in [3.8, 4) is 0 Å². The number of unbranched alkanes of at least 4 members (excludes halogenated alkanes) is 5. The second kappa shape index (κ2) is 9.72. The molecule has 0 saturated heterocycles. The van der Waals surface area contributed by atoms with Gasteiger partial charge in [0.05, 0.1) is 17.6 Å². The molecule has 3 aromatic rings. The van der Waals surface area contributed by atoms with Crippen LogP contribution in [0.25, 0.3) is 22.2 Å². The Kier molecular flexibility index (Phi) is 7.07. The Morgan fingerprint density at radius 3 is 2.41 bits per heavy atom. The molecule has 0 aliphatic carbocycles. The molecule has 2 heterocycles. The average molecular weight is 397 g/mol. The molecule has 1 aromatic carbocycles. The van der Waals surface area contributed by atoms with Gasteiger partial charge in [-0.25, -0.2) is 14.8 Å². The van der Waals surface area contributed by atoms with Crippen LogP contribution < -0.4 is 5.73 Å². The van der Waals surface area contributed by atoms with E-state index >= 15 is 0 Å². The highest BCUT2D eigenvalue weighted by atomic mass is 16.5. The van der Waals surface area contributed by atoms with Crippen LogP contribution >= 0.6 is 0 Å². The summed E-state index contributed by atoms with van der Waals surface area (Å²) in [6.07, 6.45) is 7.11. The molecule has 0 unspecified atom stereocenters. The summed E-state index contributed by atoms with van der Waals surface area (Å²) in [5.41, 5.74) is 9.50. The van der Waals surface area contributed by atoms with Gasteiger partial charge in [-0.2, -0.15) is 0 Å². The molecule has 0 radical (unpaired) electrons. The van der Waals surface area contributed by atoms with Gasteiger partial charge in [0.2, 0.25) is 0 Å². The number of ether oxygens (including phenoxy) is 1. The van der Waals surface area contributed by atoms with Crippen LogP contribution in [0.2, 0.25) is 0 Å². The van der Waals surface area contributed by atoms with Crippen molar-refractivity contribution in [1.29, 1.82) is 0 Å². The first-order valence-electron chi connectivity index (χ1n) is 10.7. The lowest BCUT2D eigenvalue weighted by Crippen LogP contribution is -2.13. The Labute approximate surface area is 172 Å². The predicted molar refractivity (Wildman–Crippen MR) is 118 cm³/mol. The molecule has 3 rings (SSSR count). The molecule has 0 atom stereocenters. The van der Waals surface area contributed by atoms with E-state index < -0.39 is 5.97 Å². The Hall–Kier alpha value is -2.63. The Balaban J connectivity index is 1.94. The van der Waals surface area contributed by atoms with Crippen LogP contribution in [0.3, 0.4) is 0 Å². The molecule has 0 aliphatic heterocycles. The fourth-order valence-corrected chi connectivity index (χ4v) is 3.51. The number of nitrogens with zero attached hydrogens (tertiary/aromatic N) is 3. The lowest BCUT2D eigenvalue weighted by molar-refractivity contribution is 0.0462. The molecule has 0 amide bonds. The summed E-state index contributed by atoms with van der Waals surface area (Å²) in [6, 6.07) is 7.67. The zero-order valence-electron chi connectivity index (χ0n) is 17.8. The quantitative estimate of drug-likeness (QED) is 0.369. The summed E-state index contributed by atoms with van der Waals surface area (Å²) in [5, 5.41) is 0. The van der Waals surface area contributed by atoms with E-state index in [1.165, 1.54) is 25.7 Å². The van der Waals surface area contributed by atoms with Gasteiger partial charge < -0.3 is 15.0 Å². The first-order valence-corrected chi connectivity index (χ1v) is 10.7. The SMILES string of the molecule is CCCCCCCCn1c(N)c(C(=O)OCC(C)C)c2nc3ccccc3nc21. The van der Waals surface area contributed by atoms with Gasteiger partial charge in [-0.1, -0.05) is 65.0 Å². The predicted octanol–water partition coefficient (Wildman–Crippen LogP) is 5.34. The van der Waals surface area contributed by atoms with Gasteiger partial charge in [0.1, 0.15) is 16.9 Å². The molecule has 0 bridgehead atoms. The van der Waals surface area contributed by atoms with Crippen LogP contribution in [0.1, 0.15) is 69.7 Å². The van der Waals surface area contributed by atoms with E-state index in [2.05, 4.69) is 6.92 Å². The van der Waals surface area contributed by atoms with E-state index in [0.717, 1.165) is 30.4 Å². The maximum absolute atomic E-state index is 12.8. The number of esters is 1. The van der Waals surface area contributed by atoms with E-state index in [4.69, 9.17) is 20.4 Å². The third-order valence-corrected chi connectivity index (χ3v) is 5.08. The first kappa shape index (κ1) is 21.1. The van der Waals surface area contributed by atoms with Crippen molar-refractivity contribution in [1.82, 2.24) is 14.5 Å². The van der Waals surface area contributed by atoms with Crippen LogP contribution in [0.5, 0.6) is 0 Å². The Morgan fingerprint density at radius 1 is 1.07 bits per heavy atom. The standard InChI is InChI=1S/C23H32N4O2/c1-4-5-6-7-8-11-14-27-21(24)19(23(28)29-15-16(2)3)20-22(27)26-18-13-10-9-12-17(18)25-20/h9-10,12-13,16H,4-8,11,14-15,24H2,1-3H3. The minimum atomic E-state index is -0.424. The molecule has 2 N–H and O–H groups in total. The highest BCUT2D eigenvalue weighted by Crippen LogP contribution is 2.29. The minimum Gasteiger partial charge on any atom is -0.462 e. The largest absolute Gasteiger partial charge is 0.462 e. The zero-order valence-corrected chi connectivity index (χ0v) is 17.8. The normalized spacial score (nSPS) is 11.6. The van der Waals surface area contributed by atoms with Gasteiger partial charge in [0.15, 0.2) is 5.65 Å². The van der Waals surface area contributed by atoms with Crippen LogP contribution in [0, 0.1) is 5.92 Å². The Morgan fingerprint density at radius 2 is 1.72 bits per heavy atom. The van der Waals surface area contributed by atoms with Crippen molar-refractivity contribution in [2.75, 3.05) is 12.3 Å². The highest BCUT2D eigenvalue weighted by molar-refractivity contribution is 6.08. The second-order valence-electron chi connectivity index (χ2n) is 8.06. The van der Waals surface area contributed by atoms with Crippen molar-refractivity contribution in [2.45, 2.75) is 65.8 Å². The molecular weight excluding hydrogens is 364 g/mol. The van der Waals surface area contributed by atoms with Gasteiger partial charge in [0.25, 0.3) is 0 Å². The summed E-state index contributed by atoms with van der Waals surface area (Å²) < 4.78 is 7.40. The van der Waals surface area contributed by atoms with E-state index in [9.17, 15) is 4.79 Å². The van der Waals surface area contributed by atoms with E-state index in [1.807, 2.05) is 42.7 Å². The molecule has 6 heteroatoms. The second-order valence-corrected chi connectivity index (χ2v) is 8.06. The number of anilines is 1. The number of aryl methyl sites for hydroxylation is 1. The molecule has 2 aromatic heterocycles. The number of fused-ring (bicyclic) bond motifs is 2. The van der Waals surface area contributed by atoms with Crippen molar-refractivity contribution in [3.05, 3.63) is 29.8 Å². The highest BCUT2D eigenvalue weighted by Gasteiger charge is 2.25. The molecule has 0 spiro atoms. The molecular formula is C23H32N4O2. The molecule has 0 aliphatic rings. The van der Waals surface area contributed by atoms with Crippen LogP contribution in [-0.2, 0) is 11.3 Å². The van der Waals surface area contributed by atoms with Crippen molar-refractivity contribution < 1.29 is 9.53 Å². The minimum absolute atomic E-state index is 0.253. The summed E-state index contributed by atoms with van der Waals surface area (Å²) in [4.78, 5) is 22.3. The number of nitrogen functional groups attached to an aromatic ring is 1. The number of benzene rings is 1. The number of carbonyl (C=O) groups is 1. The fraction of sp³-hybridized carbons (Fsp3) is 0.522. The number of para-hydroxylation sites is 2. The number of carbonyl (C=O) groups excluding carboxylic acids is 1. The molecule has 0 fully saturated rings. The summed E-state index contributed by atoms with van der Waals surface area (Å²) in [7, 11) is 0.